The van der Waals surface area contributed by atoms with Crippen LogP contribution in [0.4, 0.5) is 13.2 Å². The van der Waals surface area contributed by atoms with Gasteiger partial charge in [-0.3, -0.25) is 0 Å². The van der Waals surface area contributed by atoms with Gasteiger partial charge in [0.1, 0.15) is 17.5 Å². The van der Waals surface area contributed by atoms with E-state index in [1.807, 2.05) is 6.92 Å². The number of hydrogen-bond acceptors (Lipinski definition) is 1. The SMILES string of the molecule is CCNC(c1cc(F)c(C)cc1F)c1ccc(F)cc1Br. The average molecular weight is 358 g/mol. The fourth-order valence-electron chi connectivity index (χ4n) is 2.21. The highest BCUT2D eigenvalue weighted by molar-refractivity contribution is 9.10. The molecule has 1 N–H and O–H groups in total. The number of nitrogens with one attached hydrogen (secondary N) is 1. The fraction of sp³-hybridized carbons (Fsp3) is 0.250. The second-order valence-corrected chi connectivity index (χ2v) is 5.63. The van der Waals surface area contributed by atoms with Crippen LogP contribution in [0.1, 0.15) is 29.7 Å². The standard InChI is InChI=1S/C16H15BrF3N/c1-3-21-16(11-5-4-10(18)7-13(11)17)12-8-14(19)9(2)6-15(12)20/h4-8,16,21H,3H2,1-2H3. The lowest BCUT2D eigenvalue weighted by Crippen LogP contribution is -2.23. The van der Waals surface area contributed by atoms with Crippen LogP contribution in [0.2, 0.25) is 0 Å². The third-order valence-electron chi connectivity index (χ3n) is 3.27. The van der Waals surface area contributed by atoms with Crippen LogP contribution < -0.4 is 5.32 Å². The highest BCUT2D eigenvalue weighted by atomic mass is 79.9. The van der Waals surface area contributed by atoms with Crippen molar-refractivity contribution in [3.63, 3.8) is 0 Å². The topological polar surface area (TPSA) is 12.0 Å². The van der Waals surface area contributed by atoms with E-state index < -0.39 is 23.5 Å². The minimum Gasteiger partial charge on any atom is -0.306 e. The number of halogens is 4. The molecule has 0 saturated carbocycles. The summed E-state index contributed by atoms with van der Waals surface area (Å²) >= 11 is 3.28. The van der Waals surface area contributed by atoms with E-state index in [4.69, 9.17) is 0 Å². The molecular formula is C16H15BrF3N. The van der Waals surface area contributed by atoms with Gasteiger partial charge in [0.15, 0.2) is 0 Å². The van der Waals surface area contributed by atoms with Gasteiger partial charge in [0.2, 0.25) is 0 Å². The summed E-state index contributed by atoms with van der Waals surface area (Å²) in [7, 11) is 0. The summed E-state index contributed by atoms with van der Waals surface area (Å²) in [5.74, 6) is -1.35. The molecule has 21 heavy (non-hydrogen) atoms. The molecule has 0 bridgehead atoms. The zero-order chi connectivity index (χ0) is 15.6. The van der Waals surface area contributed by atoms with Crippen LogP contribution >= 0.6 is 15.9 Å². The third-order valence-corrected chi connectivity index (χ3v) is 3.96. The van der Waals surface area contributed by atoms with Crippen LogP contribution in [0.15, 0.2) is 34.8 Å². The normalized spacial score (nSPS) is 12.5. The maximum absolute atomic E-state index is 14.2. The molecule has 2 aromatic rings. The van der Waals surface area contributed by atoms with Gasteiger partial charge in [-0.05, 0) is 48.9 Å². The molecule has 2 aromatic carbocycles. The summed E-state index contributed by atoms with van der Waals surface area (Å²) in [6, 6.07) is 5.97. The third kappa shape index (κ3) is 3.47. The fourth-order valence-corrected chi connectivity index (χ4v) is 2.79. The Morgan fingerprint density at radius 2 is 1.76 bits per heavy atom. The van der Waals surface area contributed by atoms with Crippen molar-refractivity contribution in [2.45, 2.75) is 19.9 Å². The van der Waals surface area contributed by atoms with Gasteiger partial charge in [0.05, 0.1) is 6.04 Å². The predicted molar refractivity (Wildman–Crippen MR) is 80.7 cm³/mol. The molecule has 0 saturated heterocycles. The van der Waals surface area contributed by atoms with Gasteiger partial charge in [-0.2, -0.15) is 0 Å². The molecule has 0 amide bonds. The van der Waals surface area contributed by atoms with Gasteiger partial charge in [0.25, 0.3) is 0 Å². The molecule has 112 valence electrons. The van der Waals surface area contributed by atoms with E-state index in [1.165, 1.54) is 31.2 Å². The molecule has 0 aromatic heterocycles. The maximum atomic E-state index is 14.2. The first-order chi connectivity index (χ1) is 9.93. The van der Waals surface area contributed by atoms with Crippen molar-refractivity contribution in [1.29, 1.82) is 0 Å². The lowest BCUT2D eigenvalue weighted by atomic mass is 9.96. The van der Waals surface area contributed by atoms with E-state index in [9.17, 15) is 13.2 Å². The predicted octanol–water partition coefficient (Wildman–Crippen LogP) is 4.87. The largest absolute Gasteiger partial charge is 0.306 e. The van der Waals surface area contributed by atoms with Crippen LogP contribution in [0.5, 0.6) is 0 Å². The minimum atomic E-state index is -0.555. The van der Waals surface area contributed by atoms with Crippen LogP contribution in [-0.2, 0) is 0 Å². The average Bonchev–Trinajstić information content (AvgIpc) is 2.41. The smallest absolute Gasteiger partial charge is 0.128 e. The Hall–Kier alpha value is -1.33. The number of aryl methyl sites for hydroxylation is 1. The Labute approximate surface area is 130 Å². The molecule has 2 rings (SSSR count). The molecule has 1 unspecified atom stereocenters. The summed E-state index contributed by atoms with van der Waals surface area (Å²) < 4.78 is 41.7. The summed E-state index contributed by atoms with van der Waals surface area (Å²) in [4.78, 5) is 0. The monoisotopic (exact) mass is 357 g/mol. The molecule has 5 heteroatoms. The van der Waals surface area contributed by atoms with Crippen molar-refractivity contribution in [1.82, 2.24) is 5.32 Å². The molecule has 0 spiro atoms. The van der Waals surface area contributed by atoms with Crippen molar-refractivity contribution in [3.8, 4) is 0 Å². The molecule has 0 heterocycles. The van der Waals surface area contributed by atoms with E-state index in [0.29, 0.717) is 16.6 Å². The van der Waals surface area contributed by atoms with Crippen molar-refractivity contribution < 1.29 is 13.2 Å². The Bertz CT molecular complexity index is 658. The molecular weight excluding hydrogens is 343 g/mol. The first-order valence-corrected chi connectivity index (χ1v) is 7.37. The number of rotatable bonds is 4. The molecule has 0 radical (unpaired) electrons. The van der Waals surface area contributed by atoms with Crippen molar-refractivity contribution in [2.75, 3.05) is 6.54 Å². The second-order valence-electron chi connectivity index (χ2n) is 4.78. The van der Waals surface area contributed by atoms with Crippen LogP contribution in [0.25, 0.3) is 0 Å². The second kappa shape index (κ2) is 6.62. The van der Waals surface area contributed by atoms with Gasteiger partial charge in [0, 0.05) is 10.0 Å². The van der Waals surface area contributed by atoms with E-state index in [2.05, 4.69) is 21.2 Å². The van der Waals surface area contributed by atoms with Gasteiger partial charge in [-0.1, -0.05) is 28.9 Å². The molecule has 0 fully saturated rings. The zero-order valence-electron chi connectivity index (χ0n) is 11.7. The zero-order valence-corrected chi connectivity index (χ0v) is 13.3. The molecule has 0 aliphatic carbocycles. The highest BCUT2D eigenvalue weighted by Crippen LogP contribution is 2.31. The van der Waals surface area contributed by atoms with Gasteiger partial charge >= 0.3 is 0 Å². The Morgan fingerprint density at radius 1 is 1.05 bits per heavy atom. The Balaban J connectivity index is 2.55. The Kier molecular flexibility index (Phi) is 5.06. The lowest BCUT2D eigenvalue weighted by Gasteiger charge is -2.21. The molecule has 1 atom stereocenters. The Morgan fingerprint density at radius 3 is 2.38 bits per heavy atom. The van der Waals surface area contributed by atoms with Crippen molar-refractivity contribution in [2.24, 2.45) is 0 Å². The van der Waals surface area contributed by atoms with E-state index >= 15 is 0 Å². The van der Waals surface area contributed by atoms with Crippen molar-refractivity contribution >= 4 is 15.9 Å². The minimum absolute atomic E-state index is 0.201. The first-order valence-electron chi connectivity index (χ1n) is 6.58. The van der Waals surface area contributed by atoms with Gasteiger partial charge in [-0.15, -0.1) is 0 Å². The maximum Gasteiger partial charge on any atom is 0.128 e. The summed E-state index contributed by atoms with van der Waals surface area (Å²) in [5.41, 5.74) is 1.11. The quantitative estimate of drug-likeness (QED) is 0.822. The lowest BCUT2D eigenvalue weighted by molar-refractivity contribution is 0.539. The van der Waals surface area contributed by atoms with Gasteiger partial charge < -0.3 is 5.32 Å². The summed E-state index contributed by atoms with van der Waals surface area (Å²) in [6.07, 6.45) is 0. The number of benzene rings is 2. The molecule has 0 aliphatic rings. The van der Waals surface area contributed by atoms with Crippen LogP contribution in [-0.4, -0.2) is 6.54 Å². The summed E-state index contributed by atoms with van der Waals surface area (Å²) in [6.45, 7) is 3.94. The van der Waals surface area contributed by atoms with E-state index in [1.54, 1.807) is 6.07 Å². The first kappa shape index (κ1) is 16.0. The summed E-state index contributed by atoms with van der Waals surface area (Å²) in [5, 5.41) is 3.10. The van der Waals surface area contributed by atoms with Crippen LogP contribution in [0, 0.1) is 24.4 Å². The van der Waals surface area contributed by atoms with Crippen molar-refractivity contribution in [3.05, 3.63) is 68.9 Å². The molecule has 1 nitrogen and oxygen atoms in total. The van der Waals surface area contributed by atoms with E-state index in [-0.39, 0.29) is 11.1 Å². The van der Waals surface area contributed by atoms with E-state index in [0.717, 1.165) is 0 Å². The highest BCUT2D eigenvalue weighted by Gasteiger charge is 2.21. The molecule has 0 aliphatic heterocycles. The van der Waals surface area contributed by atoms with Gasteiger partial charge in [-0.25, -0.2) is 13.2 Å². The number of hydrogen-bond donors (Lipinski definition) is 1. The van der Waals surface area contributed by atoms with Crippen LogP contribution in [0.3, 0.4) is 0 Å².